The number of rotatable bonds is 5. The second-order valence-electron chi connectivity index (χ2n) is 7.02. The maximum absolute atomic E-state index is 12.6. The molecule has 0 N–H and O–H groups in total. The fourth-order valence-corrected chi connectivity index (χ4v) is 4.43. The van der Waals surface area contributed by atoms with E-state index >= 15 is 0 Å². The van der Waals surface area contributed by atoms with Crippen molar-refractivity contribution >= 4 is 33.5 Å². The largest absolute Gasteiger partial charge is 0.497 e. The third-order valence-corrected chi connectivity index (χ3v) is 6.23. The molecule has 1 unspecified atom stereocenters. The summed E-state index contributed by atoms with van der Waals surface area (Å²) in [6.45, 7) is 2.50. The number of para-hydroxylation sites is 1. The number of thiazole rings is 1. The molecule has 3 aromatic rings. The molecule has 1 amide bonds. The quantitative estimate of drug-likeness (QED) is 0.591. The zero-order valence-electron chi connectivity index (χ0n) is 16.7. The first-order valence-corrected chi connectivity index (χ1v) is 10.6. The minimum Gasteiger partial charge on any atom is -0.497 e. The first-order chi connectivity index (χ1) is 14.7. The van der Waals surface area contributed by atoms with Crippen molar-refractivity contribution < 1.29 is 9.53 Å². The van der Waals surface area contributed by atoms with Crippen molar-refractivity contribution in [1.29, 1.82) is 5.26 Å². The molecule has 1 aliphatic rings. The minimum absolute atomic E-state index is 0.0214. The average molecular weight is 419 g/mol. The van der Waals surface area contributed by atoms with Gasteiger partial charge in [0.2, 0.25) is 5.91 Å². The summed E-state index contributed by atoms with van der Waals surface area (Å²) in [5.74, 6) is 0.748. The molecule has 1 aliphatic heterocycles. The lowest BCUT2D eigenvalue weighted by Gasteiger charge is -2.36. The molecule has 0 bridgehead atoms. The molecule has 7 heteroatoms. The Labute approximate surface area is 179 Å². The molecule has 1 fully saturated rings. The molecule has 1 atom stereocenters. The monoisotopic (exact) mass is 418 g/mol. The zero-order chi connectivity index (χ0) is 20.9. The van der Waals surface area contributed by atoms with Gasteiger partial charge in [-0.1, -0.05) is 24.3 Å². The molecule has 0 spiro atoms. The topological polar surface area (TPSA) is 69.5 Å². The highest BCUT2D eigenvalue weighted by Gasteiger charge is 2.26. The number of benzene rings is 2. The molecule has 1 saturated heterocycles. The molecule has 0 radical (unpaired) electrons. The van der Waals surface area contributed by atoms with Crippen LogP contribution in [-0.2, 0) is 4.79 Å². The smallest absolute Gasteiger partial charge is 0.246 e. The Morgan fingerprint density at radius 1 is 1.17 bits per heavy atom. The van der Waals surface area contributed by atoms with Crippen LogP contribution in [0.2, 0.25) is 0 Å². The number of hydrogen-bond donors (Lipinski definition) is 0. The third-order valence-electron chi connectivity index (χ3n) is 5.22. The van der Waals surface area contributed by atoms with Gasteiger partial charge in [0.15, 0.2) is 0 Å². The number of fused-ring (bicyclic) bond motifs is 1. The number of amides is 1. The summed E-state index contributed by atoms with van der Waals surface area (Å²) in [4.78, 5) is 21.1. The summed E-state index contributed by atoms with van der Waals surface area (Å²) < 4.78 is 6.30. The van der Waals surface area contributed by atoms with Gasteiger partial charge in [-0.05, 0) is 35.9 Å². The lowest BCUT2D eigenvalue weighted by molar-refractivity contribution is -0.127. The summed E-state index contributed by atoms with van der Waals surface area (Å²) in [6, 6.07) is 17.6. The summed E-state index contributed by atoms with van der Waals surface area (Å²) in [5.41, 5.74) is 1.89. The van der Waals surface area contributed by atoms with E-state index in [1.165, 1.54) is 0 Å². The molecular weight excluding hydrogens is 396 g/mol. The molecule has 30 heavy (non-hydrogen) atoms. The van der Waals surface area contributed by atoms with Crippen LogP contribution in [0.15, 0.2) is 54.6 Å². The summed E-state index contributed by atoms with van der Waals surface area (Å²) in [6.07, 6.45) is 3.38. The molecular formula is C23H22N4O2S. The first-order valence-electron chi connectivity index (χ1n) is 9.78. The second kappa shape index (κ2) is 9.08. The van der Waals surface area contributed by atoms with Gasteiger partial charge < -0.3 is 9.64 Å². The van der Waals surface area contributed by atoms with E-state index in [1.807, 2.05) is 53.4 Å². The van der Waals surface area contributed by atoms with Crippen LogP contribution in [0, 0.1) is 11.3 Å². The van der Waals surface area contributed by atoms with Crippen LogP contribution in [0.25, 0.3) is 16.3 Å². The van der Waals surface area contributed by atoms with Crippen molar-refractivity contribution in [2.24, 2.45) is 0 Å². The molecule has 6 nitrogen and oxygen atoms in total. The predicted molar refractivity (Wildman–Crippen MR) is 118 cm³/mol. The Morgan fingerprint density at radius 2 is 1.90 bits per heavy atom. The van der Waals surface area contributed by atoms with Crippen molar-refractivity contribution in [3.63, 3.8) is 0 Å². The van der Waals surface area contributed by atoms with Gasteiger partial charge in [-0.25, -0.2) is 4.98 Å². The number of methoxy groups -OCH3 is 1. The summed E-state index contributed by atoms with van der Waals surface area (Å²) in [7, 11) is 1.62. The van der Waals surface area contributed by atoms with Gasteiger partial charge in [-0.3, -0.25) is 9.69 Å². The average Bonchev–Trinajstić information content (AvgIpc) is 3.22. The van der Waals surface area contributed by atoms with Crippen molar-refractivity contribution in [1.82, 2.24) is 14.8 Å². The van der Waals surface area contributed by atoms with Gasteiger partial charge in [0, 0.05) is 32.3 Å². The van der Waals surface area contributed by atoms with E-state index in [-0.39, 0.29) is 11.9 Å². The van der Waals surface area contributed by atoms with E-state index in [1.54, 1.807) is 30.6 Å². The zero-order valence-corrected chi connectivity index (χ0v) is 17.5. The van der Waals surface area contributed by atoms with E-state index in [4.69, 9.17) is 4.74 Å². The predicted octanol–water partition coefficient (Wildman–Crippen LogP) is 3.73. The fourth-order valence-electron chi connectivity index (χ4n) is 3.56. The van der Waals surface area contributed by atoms with Crippen LogP contribution >= 0.6 is 11.3 Å². The van der Waals surface area contributed by atoms with Gasteiger partial charge in [-0.15, -0.1) is 11.3 Å². The van der Waals surface area contributed by atoms with E-state index in [0.717, 1.165) is 26.5 Å². The van der Waals surface area contributed by atoms with Crippen LogP contribution in [0.1, 0.15) is 16.6 Å². The van der Waals surface area contributed by atoms with Crippen molar-refractivity contribution in [3.05, 3.63) is 65.2 Å². The summed E-state index contributed by atoms with van der Waals surface area (Å²) in [5, 5.41) is 10.5. The highest BCUT2D eigenvalue weighted by atomic mass is 32.1. The van der Waals surface area contributed by atoms with Gasteiger partial charge in [0.05, 0.1) is 23.4 Å². The first kappa shape index (κ1) is 20.1. The molecule has 0 aliphatic carbocycles. The third kappa shape index (κ3) is 4.35. The van der Waals surface area contributed by atoms with Crippen LogP contribution in [0.3, 0.4) is 0 Å². The standard InChI is InChI=1S/C23H22N4O2S/c1-29-18-8-6-17(7-9-18)20(16-24)26-12-14-27(15-13-26)23(28)11-10-22-25-19-4-2-3-5-21(19)30-22/h2-11,20H,12-15H2,1H3. The number of nitrogens with zero attached hydrogens (tertiary/aromatic N) is 4. The SMILES string of the molecule is COc1ccc(C(C#N)N2CCN(C(=O)C=Cc3nc4ccccc4s3)CC2)cc1. The number of carbonyl (C=O) groups excluding carboxylic acids is 1. The van der Waals surface area contributed by atoms with Crippen molar-refractivity contribution in [3.8, 4) is 11.8 Å². The number of ether oxygens (including phenoxy) is 1. The maximum atomic E-state index is 12.6. The van der Waals surface area contributed by atoms with Crippen LogP contribution < -0.4 is 4.74 Å². The number of piperazine rings is 1. The van der Waals surface area contributed by atoms with Crippen molar-refractivity contribution in [2.45, 2.75) is 6.04 Å². The molecule has 2 heterocycles. The minimum atomic E-state index is -0.327. The Bertz CT molecular complexity index is 1060. The van der Waals surface area contributed by atoms with Gasteiger partial charge in [0.1, 0.15) is 16.8 Å². The van der Waals surface area contributed by atoms with Crippen LogP contribution in [-0.4, -0.2) is 54.0 Å². The second-order valence-corrected chi connectivity index (χ2v) is 8.08. The lowest BCUT2D eigenvalue weighted by atomic mass is 10.1. The molecule has 0 saturated carbocycles. The highest BCUT2D eigenvalue weighted by Crippen LogP contribution is 2.25. The highest BCUT2D eigenvalue weighted by molar-refractivity contribution is 7.19. The van der Waals surface area contributed by atoms with E-state index in [9.17, 15) is 10.1 Å². The van der Waals surface area contributed by atoms with E-state index < -0.39 is 0 Å². The molecule has 152 valence electrons. The molecule has 4 rings (SSSR count). The van der Waals surface area contributed by atoms with Crippen LogP contribution in [0.4, 0.5) is 0 Å². The lowest BCUT2D eigenvalue weighted by Crippen LogP contribution is -2.49. The van der Waals surface area contributed by atoms with Gasteiger partial charge in [-0.2, -0.15) is 5.26 Å². The Hall–Kier alpha value is -3.21. The molecule has 2 aromatic carbocycles. The Balaban J connectivity index is 1.35. The Morgan fingerprint density at radius 3 is 2.57 bits per heavy atom. The Kier molecular flexibility index (Phi) is 6.07. The number of nitriles is 1. The number of aromatic nitrogens is 1. The van der Waals surface area contributed by atoms with E-state index in [0.29, 0.717) is 26.2 Å². The normalized spacial score (nSPS) is 15.9. The van der Waals surface area contributed by atoms with E-state index in [2.05, 4.69) is 16.0 Å². The number of hydrogen-bond acceptors (Lipinski definition) is 6. The van der Waals surface area contributed by atoms with Gasteiger partial charge in [0.25, 0.3) is 0 Å². The van der Waals surface area contributed by atoms with Crippen molar-refractivity contribution in [2.75, 3.05) is 33.3 Å². The van der Waals surface area contributed by atoms with Gasteiger partial charge >= 0.3 is 0 Å². The fraction of sp³-hybridized carbons (Fsp3) is 0.261. The summed E-state index contributed by atoms with van der Waals surface area (Å²) >= 11 is 1.57. The number of carbonyl (C=O) groups is 1. The van der Waals surface area contributed by atoms with Crippen LogP contribution in [0.5, 0.6) is 5.75 Å². The maximum Gasteiger partial charge on any atom is 0.246 e. The molecule has 1 aromatic heterocycles.